The van der Waals surface area contributed by atoms with Crippen molar-refractivity contribution in [2.24, 2.45) is 5.73 Å². The molecule has 1 aliphatic carbocycles. The molecule has 7 heteroatoms. The van der Waals surface area contributed by atoms with Crippen LogP contribution in [0.15, 0.2) is 53.7 Å². The highest BCUT2D eigenvalue weighted by Crippen LogP contribution is 2.46. The summed E-state index contributed by atoms with van der Waals surface area (Å²) in [5.74, 6) is 0.245. The Labute approximate surface area is 180 Å². The Morgan fingerprint density at radius 3 is 2.42 bits per heavy atom. The van der Waals surface area contributed by atoms with Gasteiger partial charge in [-0.15, -0.1) is 0 Å². The van der Waals surface area contributed by atoms with E-state index in [0.717, 1.165) is 5.56 Å². The highest BCUT2D eigenvalue weighted by molar-refractivity contribution is 6.07. The van der Waals surface area contributed by atoms with Crippen LogP contribution in [-0.4, -0.2) is 31.8 Å². The van der Waals surface area contributed by atoms with Crippen molar-refractivity contribution in [1.82, 2.24) is 0 Å². The molecule has 7 nitrogen and oxygen atoms in total. The molecule has 0 spiro atoms. The van der Waals surface area contributed by atoms with Gasteiger partial charge in [-0.2, -0.15) is 0 Å². The predicted molar refractivity (Wildman–Crippen MR) is 115 cm³/mol. The van der Waals surface area contributed by atoms with Gasteiger partial charge in [0.05, 0.1) is 14.2 Å². The number of hydrogen-bond acceptors (Lipinski definition) is 5. The van der Waals surface area contributed by atoms with Gasteiger partial charge in [0.2, 0.25) is 11.8 Å². The van der Waals surface area contributed by atoms with Gasteiger partial charge in [0.25, 0.3) is 0 Å². The lowest BCUT2D eigenvalue weighted by Gasteiger charge is -2.38. The van der Waals surface area contributed by atoms with Crippen molar-refractivity contribution in [3.63, 3.8) is 0 Å². The fraction of sp³-hybridized carbons (Fsp3) is 0.292. The van der Waals surface area contributed by atoms with Crippen LogP contribution in [0.5, 0.6) is 11.5 Å². The monoisotopic (exact) mass is 420 g/mol. The Hall–Kier alpha value is -3.61. The fourth-order valence-electron chi connectivity index (χ4n) is 4.44. The maximum absolute atomic E-state index is 13.3. The Morgan fingerprint density at radius 2 is 1.77 bits per heavy atom. The molecule has 0 aromatic heterocycles. The molecule has 2 aromatic carbocycles. The first-order valence-electron chi connectivity index (χ1n) is 10.2. The van der Waals surface area contributed by atoms with E-state index in [9.17, 15) is 14.4 Å². The summed E-state index contributed by atoms with van der Waals surface area (Å²) in [7, 11) is 3.14. The number of rotatable bonds is 5. The topological polar surface area (TPSA) is 98.9 Å². The van der Waals surface area contributed by atoms with Crippen molar-refractivity contribution in [1.29, 1.82) is 0 Å². The van der Waals surface area contributed by atoms with E-state index in [-0.39, 0.29) is 18.1 Å². The molecule has 0 fully saturated rings. The summed E-state index contributed by atoms with van der Waals surface area (Å²) in [6, 6.07) is 12.0. The van der Waals surface area contributed by atoms with Crippen LogP contribution in [0.3, 0.4) is 0 Å². The molecule has 1 heterocycles. The first-order valence-corrected chi connectivity index (χ1v) is 10.2. The number of carbonyl (C=O) groups excluding carboxylic acids is 3. The van der Waals surface area contributed by atoms with Crippen LogP contribution in [0.25, 0.3) is 0 Å². The Kier molecular flexibility index (Phi) is 5.50. The van der Waals surface area contributed by atoms with E-state index in [1.807, 2.05) is 6.07 Å². The normalized spacial score (nSPS) is 18.6. The predicted octanol–water partition coefficient (Wildman–Crippen LogP) is 3.33. The number of benzene rings is 2. The van der Waals surface area contributed by atoms with Crippen LogP contribution in [-0.2, 0) is 9.59 Å². The van der Waals surface area contributed by atoms with E-state index in [1.54, 1.807) is 55.5 Å². The summed E-state index contributed by atoms with van der Waals surface area (Å²) in [5, 5.41) is 0. The largest absolute Gasteiger partial charge is 0.497 e. The van der Waals surface area contributed by atoms with E-state index >= 15 is 0 Å². The van der Waals surface area contributed by atoms with Gasteiger partial charge in [-0.05, 0) is 55.3 Å². The molecule has 1 unspecified atom stereocenters. The summed E-state index contributed by atoms with van der Waals surface area (Å²) in [4.78, 5) is 39.4. The Bertz CT molecular complexity index is 1090. The third kappa shape index (κ3) is 3.67. The summed E-state index contributed by atoms with van der Waals surface area (Å²) in [5.41, 5.74) is 8.44. The minimum absolute atomic E-state index is 0.0439. The molecule has 2 N–H and O–H groups in total. The van der Waals surface area contributed by atoms with Crippen molar-refractivity contribution >= 4 is 23.3 Å². The number of carbonyl (C=O) groups is 3. The lowest BCUT2D eigenvalue weighted by Crippen LogP contribution is -2.40. The number of hydrogen-bond donors (Lipinski definition) is 1. The Balaban J connectivity index is 1.85. The van der Waals surface area contributed by atoms with E-state index in [4.69, 9.17) is 15.2 Å². The zero-order chi connectivity index (χ0) is 22.1. The molecule has 31 heavy (non-hydrogen) atoms. The number of nitrogens with zero attached hydrogens (tertiary/aromatic N) is 1. The van der Waals surface area contributed by atoms with Gasteiger partial charge < -0.3 is 15.2 Å². The first kappa shape index (κ1) is 20.7. The van der Waals surface area contributed by atoms with Crippen LogP contribution >= 0.6 is 0 Å². The molecular formula is C24H24N2O5. The number of anilines is 1. The van der Waals surface area contributed by atoms with E-state index < -0.39 is 11.8 Å². The molecule has 0 saturated heterocycles. The van der Waals surface area contributed by atoms with Crippen LogP contribution in [0.1, 0.15) is 47.5 Å². The summed E-state index contributed by atoms with van der Waals surface area (Å²) in [6.07, 6.45) is 1.88. The van der Waals surface area contributed by atoms with Crippen LogP contribution in [0, 0.1) is 0 Å². The SMILES string of the molecule is COc1ccc(OC)c(C2CC(=O)N(c3ccc(C(N)=O)cc3)C3=C2C(=O)CCC3)c1. The number of ketones is 1. The number of allylic oxidation sites excluding steroid dienone is 2. The molecule has 2 aliphatic rings. The van der Waals surface area contributed by atoms with Gasteiger partial charge in [0, 0.05) is 46.8 Å². The number of methoxy groups -OCH3 is 2. The maximum atomic E-state index is 13.3. The molecule has 0 radical (unpaired) electrons. The first-order chi connectivity index (χ1) is 14.9. The molecule has 4 rings (SSSR count). The molecule has 2 amide bonds. The van der Waals surface area contributed by atoms with Crippen molar-refractivity contribution in [2.75, 3.05) is 19.1 Å². The molecule has 160 valence electrons. The van der Waals surface area contributed by atoms with Crippen molar-refractivity contribution in [2.45, 2.75) is 31.6 Å². The minimum atomic E-state index is -0.533. The maximum Gasteiger partial charge on any atom is 0.248 e. The number of Topliss-reactive ketones (excluding diaryl/α,β-unsaturated/α-hetero) is 1. The van der Waals surface area contributed by atoms with Crippen LogP contribution in [0.4, 0.5) is 5.69 Å². The van der Waals surface area contributed by atoms with Gasteiger partial charge in [0.15, 0.2) is 5.78 Å². The lowest BCUT2D eigenvalue weighted by atomic mass is 9.76. The molecule has 2 aromatic rings. The number of amides is 2. The van der Waals surface area contributed by atoms with E-state index in [1.165, 1.54) is 0 Å². The zero-order valence-electron chi connectivity index (χ0n) is 17.5. The number of ether oxygens (including phenoxy) is 2. The van der Waals surface area contributed by atoms with Gasteiger partial charge in [-0.1, -0.05) is 0 Å². The molecular weight excluding hydrogens is 396 g/mol. The van der Waals surface area contributed by atoms with E-state index in [0.29, 0.717) is 53.3 Å². The second-order valence-corrected chi connectivity index (χ2v) is 7.64. The average Bonchev–Trinajstić information content (AvgIpc) is 2.78. The van der Waals surface area contributed by atoms with Crippen molar-refractivity contribution < 1.29 is 23.9 Å². The van der Waals surface area contributed by atoms with Crippen molar-refractivity contribution in [3.05, 3.63) is 64.9 Å². The fourth-order valence-corrected chi connectivity index (χ4v) is 4.44. The van der Waals surface area contributed by atoms with Gasteiger partial charge in [-0.25, -0.2) is 0 Å². The summed E-state index contributed by atoms with van der Waals surface area (Å²) >= 11 is 0. The molecule has 0 bridgehead atoms. The Morgan fingerprint density at radius 1 is 1.03 bits per heavy atom. The second kappa shape index (κ2) is 8.26. The second-order valence-electron chi connectivity index (χ2n) is 7.64. The van der Waals surface area contributed by atoms with Crippen molar-refractivity contribution in [3.8, 4) is 11.5 Å². The lowest BCUT2D eigenvalue weighted by molar-refractivity contribution is -0.119. The molecule has 1 aliphatic heterocycles. The highest BCUT2D eigenvalue weighted by Gasteiger charge is 2.40. The molecule has 1 atom stereocenters. The summed E-state index contributed by atoms with van der Waals surface area (Å²) < 4.78 is 10.9. The average molecular weight is 420 g/mol. The number of primary amides is 1. The quantitative estimate of drug-likeness (QED) is 0.800. The number of nitrogens with two attached hydrogens (primary N) is 1. The van der Waals surface area contributed by atoms with Gasteiger partial charge >= 0.3 is 0 Å². The van der Waals surface area contributed by atoms with Gasteiger partial charge in [-0.3, -0.25) is 19.3 Å². The van der Waals surface area contributed by atoms with Crippen LogP contribution in [0.2, 0.25) is 0 Å². The van der Waals surface area contributed by atoms with Gasteiger partial charge in [0.1, 0.15) is 11.5 Å². The minimum Gasteiger partial charge on any atom is -0.497 e. The highest BCUT2D eigenvalue weighted by atomic mass is 16.5. The third-order valence-corrected chi connectivity index (χ3v) is 5.90. The third-order valence-electron chi connectivity index (χ3n) is 5.90. The smallest absolute Gasteiger partial charge is 0.248 e. The zero-order valence-corrected chi connectivity index (χ0v) is 17.5. The molecule has 0 saturated carbocycles. The summed E-state index contributed by atoms with van der Waals surface area (Å²) in [6.45, 7) is 0. The van der Waals surface area contributed by atoms with Crippen LogP contribution < -0.4 is 20.1 Å². The standard InChI is InChI=1S/C24H24N2O5/c1-30-16-10-11-21(31-2)17(12-16)18-13-22(28)26(19-4-3-5-20(27)23(18)19)15-8-6-14(7-9-15)24(25)29/h6-12,18H,3-5,13H2,1-2H3,(H2,25,29). The van der Waals surface area contributed by atoms with E-state index in [2.05, 4.69) is 0 Å².